The number of ether oxygens (including phenoxy) is 4. The molecule has 1 aliphatic rings. The first kappa shape index (κ1) is 16.3. The average molecular weight is 308 g/mol. The van der Waals surface area contributed by atoms with Gasteiger partial charge in [-0.15, -0.1) is 0 Å². The van der Waals surface area contributed by atoms with E-state index in [2.05, 4.69) is 0 Å². The van der Waals surface area contributed by atoms with Crippen molar-refractivity contribution in [3.05, 3.63) is 23.3 Å². The van der Waals surface area contributed by atoms with Crippen LogP contribution in [0.15, 0.2) is 12.1 Å². The number of hydrogen-bond acceptors (Lipinski definition) is 6. The second-order valence-corrected chi connectivity index (χ2v) is 5.21. The van der Waals surface area contributed by atoms with Gasteiger partial charge in [0.05, 0.1) is 19.3 Å². The first-order chi connectivity index (χ1) is 10.3. The van der Waals surface area contributed by atoms with Crippen molar-refractivity contribution in [2.45, 2.75) is 46.0 Å². The van der Waals surface area contributed by atoms with Crippen molar-refractivity contribution in [3.63, 3.8) is 0 Å². The van der Waals surface area contributed by atoms with E-state index in [0.717, 1.165) is 11.1 Å². The molecule has 1 aromatic carbocycles. The van der Waals surface area contributed by atoms with Gasteiger partial charge in [-0.05, 0) is 19.9 Å². The van der Waals surface area contributed by atoms with Crippen molar-refractivity contribution in [1.29, 1.82) is 0 Å². The van der Waals surface area contributed by atoms with Crippen molar-refractivity contribution in [1.82, 2.24) is 0 Å². The third kappa shape index (κ3) is 3.06. The molecule has 1 heterocycles. The van der Waals surface area contributed by atoms with E-state index in [1.165, 1.54) is 21.0 Å². The second kappa shape index (κ2) is 6.36. The molecule has 6 heteroatoms. The molecule has 0 saturated heterocycles. The van der Waals surface area contributed by atoms with Gasteiger partial charge in [-0.3, -0.25) is 9.59 Å². The predicted molar refractivity (Wildman–Crippen MR) is 77.8 cm³/mol. The Balaban J connectivity index is 2.55. The van der Waals surface area contributed by atoms with E-state index < -0.39 is 12.1 Å². The highest BCUT2D eigenvalue weighted by Crippen LogP contribution is 2.46. The minimum absolute atomic E-state index is 0.276. The number of benzene rings is 1. The lowest BCUT2D eigenvalue weighted by Gasteiger charge is -2.35. The van der Waals surface area contributed by atoms with Crippen LogP contribution in [-0.4, -0.2) is 25.2 Å². The maximum Gasteiger partial charge on any atom is 0.308 e. The van der Waals surface area contributed by atoms with Gasteiger partial charge in [0, 0.05) is 25.0 Å². The van der Waals surface area contributed by atoms with Crippen LogP contribution in [0.3, 0.4) is 0 Å². The fraction of sp³-hybridized carbons (Fsp3) is 0.500. The zero-order valence-corrected chi connectivity index (χ0v) is 13.3. The molecule has 0 bridgehead atoms. The molecule has 0 unspecified atom stereocenters. The van der Waals surface area contributed by atoms with Crippen LogP contribution >= 0.6 is 0 Å². The summed E-state index contributed by atoms with van der Waals surface area (Å²) < 4.78 is 21.8. The third-order valence-electron chi connectivity index (χ3n) is 3.50. The Hall–Kier alpha value is -2.08. The molecule has 0 aromatic heterocycles. The standard InChI is InChI=1S/C16H20O6/c1-8-14-12(15(9(2)20-8)22-11(4)18)6-7-13(16(14)19-5)21-10(3)17/h6-9,15H,1-5H3/t8-,9+,15+/m1/s1. The molecule has 0 spiro atoms. The van der Waals surface area contributed by atoms with Gasteiger partial charge in [0.1, 0.15) is 0 Å². The Kier molecular flexibility index (Phi) is 4.71. The van der Waals surface area contributed by atoms with Gasteiger partial charge in [-0.25, -0.2) is 0 Å². The van der Waals surface area contributed by atoms with Crippen LogP contribution in [0.1, 0.15) is 51.0 Å². The molecule has 0 radical (unpaired) electrons. The molecule has 0 aliphatic carbocycles. The SMILES string of the molecule is COc1c(OC(C)=O)ccc2c1[C@@H](C)O[C@@H](C)[C@@H]2OC(C)=O. The summed E-state index contributed by atoms with van der Waals surface area (Å²) in [5.74, 6) is -0.0823. The number of methoxy groups -OCH3 is 1. The van der Waals surface area contributed by atoms with E-state index in [4.69, 9.17) is 18.9 Å². The number of esters is 2. The highest BCUT2D eigenvalue weighted by atomic mass is 16.6. The molecule has 120 valence electrons. The van der Waals surface area contributed by atoms with Crippen molar-refractivity contribution in [3.8, 4) is 11.5 Å². The van der Waals surface area contributed by atoms with Gasteiger partial charge in [0.2, 0.25) is 0 Å². The van der Waals surface area contributed by atoms with Crippen LogP contribution in [0.2, 0.25) is 0 Å². The number of rotatable bonds is 3. The zero-order valence-electron chi connectivity index (χ0n) is 13.3. The third-order valence-corrected chi connectivity index (χ3v) is 3.50. The molecule has 22 heavy (non-hydrogen) atoms. The van der Waals surface area contributed by atoms with Crippen LogP contribution in [0.25, 0.3) is 0 Å². The fourth-order valence-corrected chi connectivity index (χ4v) is 2.76. The summed E-state index contributed by atoms with van der Waals surface area (Å²) in [5.41, 5.74) is 1.53. The largest absolute Gasteiger partial charge is 0.492 e. The summed E-state index contributed by atoms with van der Waals surface area (Å²) in [6, 6.07) is 3.42. The molecule has 0 fully saturated rings. The number of carbonyl (C=O) groups is 2. The number of hydrogen-bond donors (Lipinski definition) is 0. The maximum atomic E-state index is 11.3. The molecule has 1 aliphatic heterocycles. The monoisotopic (exact) mass is 308 g/mol. The molecular formula is C16H20O6. The quantitative estimate of drug-likeness (QED) is 0.631. The van der Waals surface area contributed by atoms with Gasteiger partial charge in [-0.2, -0.15) is 0 Å². The topological polar surface area (TPSA) is 71.1 Å². The molecule has 2 rings (SSSR count). The van der Waals surface area contributed by atoms with Crippen LogP contribution in [0.5, 0.6) is 11.5 Å². The first-order valence-electron chi connectivity index (χ1n) is 7.07. The zero-order chi connectivity index (χ0) is 16.4. The summed E-state index contributed by atoms with van der Waals surface area (Å²) in [6.07, 6.45) is -1.08. The summed E-state index contributed by atoms with van der Waals surface area (Å²) in [6.45, 7) is 6.40. The van der Waals surface area contributed by atoms with E-state index in [-0.39, 0.29) is 18.2 Å². The Labute approximate surface area is 129 Å². The van der Waals surface area contributed by atoms with Crippen molar-refractivity contribution < 1.29 is 28.5 Å². The Morgan fingerprint density at radius 2 is 1.82 bits per heavy atom. The molecule has 0 saturated carbocycles. The molecular weight excluding hydrogens is 288 g/mol. The molecule has 0 N–H and O–H groups in total. The average Bonchev–Trinajstić information content (AvgIpc) is 2.42. The summed E-state index contributed by atoms with van der Waals surface area (Å²) in [4.78, 5) is 22.6. The van der Waals surface area contributed by atoms with E-state index in [9.17, 15) is 9.59 Å². The molecule has 6 nitrogen and oxygen atoms in total. The molecule has 1 aromatic rings. The lowest BCUT2D eigenvalue weighted by atomic mass is 9.91. The van der Waals surface area contributed by atoms with Crippen molar-refractivity contribution >= 4 is 11.9 Å². The first-order valence-corrected chi connectivity index (χ1v) is 7.07. The summed E-state index contributed by atoms with van der Waals surface area (Å²) in [7, 11) is 1.49. The smallest absolute Gasteiger partial charge is 0.308 e. The van der Waals surface area contributed by atoms with Crippen molar-refractivity contribution in [2.75, 3.05) is 7.11 Å². The van der Waals surface area contributed by atoms with E-state index in [1.54, 1.807) is 12.1 Å². The fourth-order valence-electron chi connectivity index (χ4n) is 2.76. The number of carbonyl (C=O) groups excluding carboxylic acids is 2. The van der Waals surface area contributed by atoms with Gasteiger partial charge >= 0.3 is 11.9 Å². The summed E-state index contributed by atoms with van der Waals surface area (Å²) >= 11 is 0. The van der Waals surface area contributed by atoms with E-state index >= 15 is 0 Å². The second-order valence-electron chi connectivity index (χ2n) is 5.21. The summed E-state index contributed by atoms with van der Waals surface area (Å²) in [5, 5.41) is 0. The lowest BCUT2D eigenvalue weighted by molar-refractivity contribution is -0.161. The van der Waals surface area contributed by atoms with Gasteiger partial charge in [0.15, 0.2) is 17.6 Å². The predicted octanol–water partition coefficient (Wildman–Crippen LogP) is 2.70. The highest BCUT2D eigenvalue weighted by Gasteiger charge is 2.36. The number of fused-ring (bicyclic) bond motifs is 1. The maximum absolute atomic E-state index is 11.3. The van der Waals surface area contributed by atoms with Crippen LogP contribution < -0.4 is 9.47 Å². The normalized spacial score (nSPS) is 23.4. The van der Waals surface area contributed by atoms with Crippen LogP contribution in [0, 0.1) is 0 Å². The van der Waals surface area contributed by atoms with Gasteiger partial charge in [-0.1, -0.05) is 6.07 Å². The van der Waals surface area contributed by atoms with Gasteiger partial charge in [0.25, 0.3) is 0 Å². The Morgan fingerprint density at radius 1 is 1.14 bits per heavy atom. The van der Waals surface area contributed by atoms with Crippen LogP contribution in [-0.2, 0) is 19.1 Å². The Bertz CT molecular complexity index is 595. The van der Waals surface area contributed by atoms with Gasteiger partial charge < -0.3 is 18.9 Å². The Morgan fingerprint density at radius 3 is 2.36 bits per heavy atom. The molecule has 3 atom stereocenters. The van der Waals surface area contributed by atoms with E-state index in [0.29, 0.717) is 11.5 Å². The molecule has 0 amide bonds. The van der Waals surface area contributed by atoms with Crippen molar-refractivity contribution in [2.24, 2.45) is 0 Å². The van der Waals surface area contributed by atoms with E-state index in [1.807, 2.05) is 13.8 Å². The minimum Gasteiger partial charge on any atom is -0.492 e. The highest BCUT2D eigenvalue weighted by molar-refractivity contribution is 5.71. The van der Waals surface area contributed by atoms with Crippen LogP contribution in [0.4, 0.5) is 0 Å². The lowest BCUT2D eigenvalue weighted by Crippen LogP contribution is -2.31. The minimum atomic E-state index is -0.524.